The average molecular weight is 362 g/mol. The van der Waals surface area contributed by atoms with E-state index >= 15 is 0 Å². The lowest BCUT2D eigenvalue weighted by Gasteiger charge is -2.17. The summed E-state index contributed by atoms with van der Waals surface area (Å²) in [5.41, 5.74) is 1.82. The standard InChI is InChI=1S/C13H14Br2O2/c1-4-7(2)10-5-9(14)6-11(15)12(10)8(3)13(16)17/h5-7H,3-4H2,1-2H3,(H,16,17). The van der Waals surface area contributed by atoms with Crippen LogP contribution in [0.15, 0.2) is 27.7 Å². The molecule has 0 amide bonds. The SMILES string of the molecule is C=C(C(=O)O)c1c(Br)cc(Br)cc1C(C)CC. The number of aliphatic carboxylic acids is 1. The molecule has 1 atom stereocenters. The van der Waals surface area contributed by atoms with E-state index < -0.39 is 5.97 Å². The average Bonchev–Trinajstić information content (AvgIpc) is 2.26. The van der Waals surface area contributed by atoms with Gasteiger partial charge in [-0.05, 0) is 30.0 Å². The van der Waals surface area contributed by atoms with Crippen LogP contribution in [0.3, 0.4) is 0 Å². The summed E-state index contributed by atoms with van der Waals surface area (Å²) < 4.78 is 1.69. The summed E-state index contributed by atoms with van der Waals surface area (Å²) in [7, 11) is 0. The lowest BCUT2D eigenvalue weighted by Crippen LogP contribution is -2.05. The van der Waals surface area contributed by atoms with Gasteiger partial charge < -0.3 is 5.11 Å². The molecule has 1 N–H and O–H groups in total. The summed E-state index contributed by atoms with van der Waals surface area (Å²) in [6.07, 6.45) is 0.947. The molecule has 17 heavy (non-hydrogen) atoms. The monoisotopic (exact) mass is 360 g/mol. The second-order valence-corrected chi connectivity index (χ2v) is 5.71. The van der Waals surface area contributed by atoms with Gasteiger partial charge in [0.1, 0.15) is 0 Å². The quantitative estimate of drug-likeness (QED) is 0.780. The summed E-state index contributed by atoms with van der Waals surface area (Å²) in [6, 6.07) is 3.80. The van der Waals surface area contributed by atoms with Gasteiger partial charge in [0.25, 0.3) is 0 Å². The first kappa shape index (κ1) is 14.5. The van der Waals surface area contributed by atoms with Gasteiger partial charge in [-0.25, -0.2) is 4.79 Å². The first-order valence-electron chi connectivity index (χ1n) is 5.30. The minimum absolute atomic E-state index is 0.125. The summed E-state index contributed by atoms with van der Waals surface area (Å²) in [5, 5.41) is 9.08. The van der Waals surface area contributed by atoms with Gasteiger partial charge >= 0.3 is 5.97 Å². The number of hydrogen-bond donors (Lipinski definition) is 1. The van der Waals surface area contributed by atoms with Gasteiger partial charge in [-0.15, -0.1) is 0 Å². The Balaban J connectivity index is 3.45. The van der Waals surface area contributed by atoms with Crippen LogP contribution < -0.4 is 0 Å². The molecule has 1 unspecified atom stereocenters. The van der Waals surface area contributed by atoms with Crippen LogP contribution in [0.5, 0.6) is 0 Å². The van der Waals surface area contributed by atoms with E-state index in [1.165, 1.54) is 0 Å². The molecule has 1 rings (SSSR count). The third kappa shape index (κ3) is 3.19. The molecule has 0 aliphatic carbocycles. The zero-order valence-electron chi connectivity index (χ0n) is 9.76. The third-order valence-electron chi connectivity index (χ3n) is 2.79. The third-order valence-corrected chi connectivity index (χ3v) is 3.87. The highest BCUT2D eigenvalue weighted by molar-refractivity contribution is 9.11. The van der Waals surface area contributed by atoms with E-state index in [9.17, 15) is 4.79 Å². The van der Waals surface area contributed by atoms with Gasteiger partial charge in [-0.2, -0.15) is 0 Å². The minimum atomic E-state index is -0.988. The lowest BCUT2D eigenvalue weighted by atomic mass is 9.90. The highest BCUT2D eigenvalue weighted by Crippen LogP contribution is 2.35. The first-order chi connectivity index (χ1) is 7.88. The van der Waals surface area contributed by atoms with E-state index in [4.69, 9.17) is 5.11 Å². The van der Waals surface area contributed by atoms with E-state index in [2.05, 4.69) is 52.3 Å². The molecule has 4 heteroatoms. The second kappa shape index (κ2) is 5.83. The molecule has 0 aliphatic rings. The molecule has 0 aromatic heterocycles. The van der Waals surface area contributed by atoms with Crippen molar-refractivity contribution in [2.75, 3.05) is 0 Å². The summed E-state index contributed by atoms with van der Waals surface area (Å²) in [5.74, 6) is -0.701. The van der Waals surface area contributed by atoms with Gasteiger partial charge in [0, 0.05) is 14.5 Å². The number of carbonyl (C=O) groups is 1. The predicted molar refractivity (Wildman–Crippen MR) is 77.2 cm³/mol. The minimum Gasteiger partial charge on any atom is -0.478 e. The maximum absolute atomic E-state index is 11.1. The zero-order chi connectivity index (χ0) is 13.2. The van der Waals surface area contributed by atoms with Crippen molar-refractivity contribution in [3.63, 3.8) is 0 Å². The van der Waals surface area contributed by atoms with Crippen LogP contribution in [0, 0.1) is 0 Å². The zero-order valence-corrected chi connectivity index (χ0v) is 12.9. The predicted octanol–water partition coefficient (Wildman–Crippen LogP) is 4.82. The van der Waals surface area contributed by atoms with E-state index in [-0.39, 0.29) is 11.5 Å². The van der Waals surface area contributed by atoms with Gasteiger partial charge in [-0.3, -0.25) is 0 Å². The van der Waals surface area contributed by atoms with Crippen LogP contribution in [0.1, 0.15) is 37.3 Å². The Morgan fingerprint density at radius 3 is 2.53 bits per heavy atom. The fourth-order valence-electron chi connectivity index (χ4n) is 1.63. The van der Waals surface area contributed by atoms with Gasteiger partial charge in [0.2, 0.25) is 0 Å². The Labute approximate surface area is 118 Å². The van der Waals surface area contributed by atoms with Crippen molar-refractivity contribution >= 4 is 43.4 Å². The molecule has 0 spiro atoms. The van der Waals surface area contributed by atoms with Crippen LogP contribution in [0.2, 0.25) is 0 Å². The van der Waals surface area contributed by atoms with Crippen molar-refractivity contribution in [1.29, 1.82) is 0 Å². The summed E-state index contributed by atoms with van der Waals surface area (Å²) >= 11 is 6.83. The largest absolute Gasteiger partial charge is 0.478 e. The number of benzene rings is 1. The molecule has 0 saturated carbocycles. The second-order valence-electron chi connectivity index (χ2n) is 3.94. The first-order valence-corrected chi connectivity index (χ1v) is 6.88. The Kier molecular flexibility index (Phi) is 4.95. The molecule has 92 valence electrons. The Morgan fingerprint density at radius 1 is 1.47 bits per heavy atom. The Morgan fingerprint density at radius 2 is 2.06 bits per heavy atom. The summed E-state index contributed by atoms with van der Waals surface area (Å²) in [4.78, 5) is 11.1. The lowest BCUT2D eigenvalue weighted by molar-refractivity contribution is -0.130. The highest BCUT2D eigenvalue weighted by Gasteiger charge is 2.19. The fraction of sp³-hybridized carbons (Fsp3) is 0.308. The molecule has 1 aromatic carbocycles. The van der Waals surface area contributed by atoms with E-state index in [0.29, 0.717) is 5.56 Å². The Hall–Kier alpha value is -0.610. The molecule has 0 aliphatic heterocycles. The maximum atomic E-state index is 11.1. The van der Waals surface area contributed by atoms with Crippen LogP contribution >= 0.6 is 31.9 Å². The topological polar surface area (TPSA) is 37.3 Å². The van der Waals surface area contributed by atoms with Crippen molar-refractivity contribution in [2.24, 2.45) is 0 Å². The van der Waals surface area contributed by atoms with Crippen LogP contribution in [-0.4, -0.2) is 11.1 Å². The molecular weight excluding hydrogens is 348 g/mol. The van der Waals surface area contributed by atoms with E-state index in [1.54, 1.807) is 0 Å². The van der Waals surface area contributed by atoms with Crippen molar-refractivity contribution in [3.8, 4) is 0 Å². The maximum Gasteiger partial charge on any atom is 0.335 e. The molecule has 2 nitrogen and oxygen atoms in total. The molecular formula is C13H14Br2O2. The van der Waals surface area contributed by atoms with Crippen LogP contribution in [0.25, 0.3) is 5.57 Å². The van der Waals surface area contributed by atoms with Crippen molar-refractivity contribution in [2.45, 2.75) is 26.2 Å². The molecule has 0 heterocycles. The fourth-order valence-corrected chi connectivity index (χ4v) is 3.12. The normalized spacial score (nSPS) is 12.2. The van der Waals surface area contributed by atoms with Crippen molar-refractivity contribution < 1.29 is 9.90 Å². The molecule has 0 fully saturated rings. The van der Waals surface area contributed by atoms with Crippen molar-refractivity contribution in [1.82, 2.24) is 0 Å². The number of rotatable bonds is 4. The number of halogens is 2. The summed E-state index contributed by atoms with van der Waals surface area (Å²) in [6.45, 7) is 7.80. The van der Waals surface area contributed by atoms with E-state index in [1.807, 2.05) is 12.1 Å². The van der Waals surface area contributed by atoms with Gasteiger partial charge in [0.05, 0.1) is 5.57 Å². The van der Waals surface area contributed by atoms with Crippen LogP contribution in [-0.2, 0) is 4.79 Å². The molecule has 1 aromatic rings. The molecule has 0 bridgehead atoms. The highest BCUT2D eigenvalue weighted by atomic mass is 79.9. The Bertz CT molecular complexity index is 467. The van der Waals surface area contributed by atoms with Crippen LogP contribution in [0.4, 0.5) is 0 Å². The smallest absolute Gasteiger partial charge is 0.335 e. The van der Waals surface area contributed by atoms with Crippen molar-refractivity contribution in [3.05, 3.63) is 38.8 Å². The molecule has 0 saturated heterocycles. The number of carboxylic acids is 1. The van der Waals surface area contributed by atoms with Gasteiger partial charge in [-0.1, -0.05) is 52.3 Å². The number of hydrogen-bond acceptors (Lipinski definition) is 1. The molecule has 0 radical (unpaired) electrons. The number of carboxylic acid groups (broad SMARTS) is 1. The van der Waals surface area contributed by atoms with Gasteiger partial charge in [0.15, 0.2) is 0 Å². The van der Waals surface area contributed by atoms with E-state index in [0.717, 1.165) is 20.9 Å².